The van der Waals surface area contributed by atoms with Crippen LogP contribution in [0.5, 0.6) is 5.75 Å². The van der Waals surface area contributed by atoms with Gasteiger partial charge in [-0.1, -0.05) is 15.9 Å². The SMILES string of the molecule is C/N=C(/c1cc2c(s1)-c1ccc(Br)cc1OCC2)N(C(N)=O)C(C)C. The van der Waals surface area contributed by atoms with Crippen LogP contribution in [0.3, 0.4) is 0 Å². The van der Waals surface area contributed by atoms with E-state index in [1.54, 1.807) is 18.4 Å². The third-order valence-corrected chi connectivity index (χ3v) is 5.74. The first-order valence-corrected chi connectivity index (χ1v) is 9.64. The van der Waals surface area contributed by atoms with Gasteiger partial charge in [0.05, 0.1) is 11.5 Å². The largest absolute Gasteiger partial charge is 0.493 e. The average Bonchev–Trinajstić information content (AvgIpc) is 2.88. The molecule has 0 atom stereocenters. The number of aliphatic imine (C=N–C) groups is 1. The van der Waals surface area contributed by atoms with E-state index in [9.17, 15) is 4.79 Å². The van der Waals surface area contributed by atoms with E-state index in [-0.39, 0.29) is 6.04 Å². The van der Waals surface area contributed by atoms with E-state index in [0.717, 1.165) is 32.0 Å². The van der Waals surface area contributed by atoms with E-state index in [0.29, 0.717) is 12.4 Å². The molecular formula is C18H20BrN3O2S. The molecule has 25 heavy (non-hydrogen) atoms. The Bertz CT molecular complexity index is 845. The molecule has 0 bridgehead atoms. The highest BCUT2D eigenvalue weighted by atomic mass is 79.9. The smallest absolute Gasteiger partial charge is 0.320 e. The second-order valence-electron chi connectivity index (χ2n) is 6.05. The number of carbonyl (C=O) groups excluding carboxylic acids is 1. The normalized spacial score (nSPS) is 13.7. The molecule has 0 saturated carbocycles. The van der Waals surface area contributed by atoms with Crippen molar-refractivity contribution in [3.05, 3.63) is 39.2 Å². The highest BCUT2D eigenvalue weighted by Crippen LogP contribution is 2.42. The van der Waals surface area contributed by atoms with E-state index in [2.05, 4.69) is 33.1 Å². The first-order chi connectivity index (χ1) is 11.9. The first-order valence-electron chi connectivity index (χ1n) is 8.03. The van der Waals surface area contributed by atoms with Crippen molar-refractivity contribution in [3.8, 4) is 16.2 Å². The van der Waals surface area contributed by atoms with Crippen LogP contribution in [0, 0.1) is 0 Å². The van der Waals surface area contributed by atoms with Gasteiger partial charge in [0, 0.05) is 34.4 Å². The van der Waals surface area contributed by atoms with Crippen LogP contribution >= 0.6 is 27.3 Å². The molecule has 3 rings (SSSR count). The van der Waals surface area contributed by atoms with Crippen LogP contribution in [0.25, 0.3) is 10.4 Å². The van der Waals surface area contributed by atoms with Crippen LogP contribution < -0.4 is 10.5 Å². The van der Waals surface area contributed by atoms with Crippen LogP contribution in [0.15, 0.2) is 33.7 Å². The number of rotatable bonds is 2. The van der Waals surface area contributed by atoms with Crippen LogP contribution in [0.1, 0.15) is 24.3 Å². The summed E-state index contributed by atoms with van der Waals surface area (Å²) in [6.45, 7) is 4.47. The van der Waals surface area contributed by atoms with Gasteiger partial charge in [0.1, 0.15) is 11.6 Å². The number of thiophene rings is 1. The number of nitrogens with two attached hydrogens (primary N) is 1. The lowest BCUT2D eigenvalue weighted by atomic mass is 10.1. The Morgan fingerprint density at radius 1 is 1.40 bits per heavy atom. The number of primary amides is 1. The first kappa shape index (κ1) is 17.9. The Labute approximate surface area is 159 Å². The number of fused-ring (bicyclic) bond motifs is 3. The lowest BCUT2D eigenvalue weighted by Gasteiger charge is -2.25. The number of hydrogen-bond acceptors (Lipinski definition) is 4. The Balaban J connectivity index is 2.10. The predicted octanol–water partition coefficient (Wildman–Crippen LogP) is 4.28. The number of nitrogens with zero attached hydrogens (tertiary/aromatic N) is 2. The molecule has 0 unspecified atom stereocenters. The van der Waals surface area contributed by atoms with Gasteiger partial charge in [-0.25, -0.2) is 4.79 Å². The summed E-state index contributed by atoms with van der Waals surface area (Å²) in [5.74, 6) is 1.48. The summed E-state index contributed by atoms with van der Waals surface area (Å²) >= 11 is 5.11. The summed E-state index contributed by atoms with van der Waals surface area (Å²) in [7, 11) is 1.69. The monoisotopic (exact) mass is 421 g/mol. The Kier molecular flexibility index (Phi) is 5.15. The number of amides is 2. The number of hydrogen-bond donors (Lipinski definition) is 1. The van der Waals surface area contributed by atoms with Gasteiger partial charge < -0.3 is 10.5 Å². The molecule has 1 aromatic carbocycles. The lowest BCUT2D eigenvalue weighted by molar-refractivity contribution is 0.222. The standard InChI is InChI=1S/C18H20BrN3O2S/c1-10(2)22(18(20)23)17(21-3)15-8-11-6-7-24-14-9-12(19)4-5-13(14)16(11)25-15/h4-5,8-10H,6-7H2,1-3H3,(H2,20,23)/b21-17-. The topological polar surface area (TPSA) is 67.9 Å². The molecule has 5 nitrogen and oxygen atoms in total. The quantitative estimate of drug-likeness (QED) is 0.580. The average molecular weight is 422 g/mol. The molecule has 2 N–H and O–H groups in total. The zero-order valence-corrected chi connectivity index (χ0v) is 16.8. The van der Waals surface area contributed by atoms with Gasteiger partial charge in [-0.05, 0) is 43.7 Å². The molecule has 132 valence electrons. The molecule has 2 aromatic rings. The fraction of sp³-hybridized carbons (Fsp3) is 0.333. The molecule has 0 fully saturated rings. The molecule has 1 aromatic heterocycles. The number of halogens is 1. The summed E-state index contributed by atoms with van der Waals surface area (Å²) < 4.78 is 6.87. The summed E-state index contributed by atoms with van der Waals surface area (Å²) in [6, 6.07) is 7.59. The van der Waals surface area contributed by atoms with Crippen LogP contribution in [-0.4, -0.2) is 36.5 Å². The van der Waals surface area contributed by atoms with Gasteiger partial charge in [-0.2, -0.15) is 0 Å². The summed E-state index contributed by atoms with van der Waals surface area (Å²) in [5.41, 5.74) is 7.85. The van der Waals surface area contributed by atoms with Crippen molar-refractivity contribution < 1.29 is 9.53 Å². The third-order valence-electron chi connectivity index (χ3n) is 4.04. The number of ether oxygens (including phenoxy) is 1. The minimum absolute atomic E-state index is 0.0651. The number of urea groups is 1. The van der Waals surface area contributed by atoms with Gasteiger partial charge in [-0.3, -0.25) is 9.89 Å². The second kappa shape index (κ2) is 7.17. The van der Waals surface area contributed by atoms with Crippen molar-refractivity contribution in [2.75, 3.05) is 13.7 Å². The van der Waals surface area contributed by atoms with Crippen LogP contribution in [0.2, 0.25) is 0 Å². The molecule has 1 aliphatic rings. The van der Waals surface area contributed by atoms with E-state index < -0.39 is 6.03 Å². The lowest BCUT2D eigenvalue weighted by Crippen LogP contribution is -2.45. The molecule has 0 aliphatic carbocycles. The number of amidine groups is 1. The summed E-state index contributed by atoms with van der Waals surface area (Å²) in [5, 5.41) is 0. The van der Waals surface area contributed by atoms with Gasteiger partial charge in [0.15, 0.2) is 0 Å². The van der Waals surface area contributed by atoms with Gasteiger partial charge in [-0.15, -0.1) is 11.3 Å². The van der Waals surface area contributed by atoms with Gasteiger partial charge in [0.25, 0.3) is 0 Å². The van der Waals surface area contributed by atoms with E-state index in [4.69, 9.17) is 10.5 Å². The number of carbonyl (C=O) groups is 1. The van der Waals surface area contributed by atoms with Crippen molar-refractivity contribution in [3.63, 3.8) is 0 Å². The van der Waals surface area contributed by atoms with Crippen LogP contribution in [-0.2, 0) is 6.42 Å². The van der Waals surface area contributed by atoms with E-state index in [1.165, 1.54) is 10.5 Å². The Morgan fingerprint density at radius 3 is 2.80 bits per heavy atom. The Hall–Kier alpha value is -1.86. The van der Waals surface area contributed by atoms with E-state index >= 15 is 0 Å². The molecule has 7 heteroatoms. The molecule has 1 aliphatic heterocycles. The minimum Gasteiger partial charge on any atom is -0.493 e. The Morgan fingerprint density at radius 2 is 2.16 bits per heavy atom. The molecule has 0 spiro atoms. The van der Waals surface area contributed by atoms with E-state index in [1.807, 2.05) is 26.0 Å². The summed E-state index contributed by atoms with van der Waals surface area (Å²) in [4.78, 5) is 19.9. The van der Waals surface area contributed by atoms with Crippen molar-refractivity contribution >= 4 is 39.1 Å². The molecule has 2 heterocycles. The van der Waals surface area contributed by atoms with Gasteiger partial charge >= 0.3 is 6.03 Å². The van der Waals surface area contributed by atoms with Crippen molar-refractivity contribution in [1.29, 1.82) is 0 Å². The van der Waals surface area contributed by atoms with Crippen molar-refractivity contribution in [1.82, 2.24) is 4.90 Å². The number of benzene rings is 1. The highest BCUT2D eigenvalue weighted by molar-refractivity contribution is 9.10. The highest BCUT2D eigenvalue weighted by Gasteiger charge is 2.26. The van der Waals surface area contributed by atoms with Crippen molar-refractivity contribution in [2.45, 2.75) is 26.3 Å². The molecular weight excluding hydrogens is 402 g/mol. The maximum atomic E-state index is 11.9. The molecule has 2 amide bonds. The van der Waals surface area contributed by atoms with Crippen LogP contribution in [0.4, 0.5) is 4.79 Å². The fourth-order valence-electron chi connectivity index (χ4n) is 2.97. The molecule has 0 saturated heterocycles. The fourth-order valence-corrected chi connectivity index (χ4v) is 4.58. The molecule has 0 radical (unpaired) electrons. The van der Waals surface area contributed by atoms with Gasteiger partial charge in [0.2, 0.25) is 0 Å². The zero-order chi connectivity index (χ0) is 18.1. The second-order valence-corrected chi connectivity index (χ2v) is 8.02. The third kappa shape index (κ3) is 3.43. The zero-order valence-electron chi connectivity index (χ0n) is 14.4. The predicted molar refractivity (Wildman–Crippen MR) is 106 cm³/mol. The maximum absolute atomic E-state index is 11.9. The summed E-state index contributed by atoms with van der Waals surface area (Å²) in [6.07, 6.45) is 0.813. The maximum Gasteiger partial charge on any atom is 0.320 e. The van der Waals surface area contributed by atoms with Crippen molar-refractivity contribution in [2.24, 2.45) is 10.7 Å². The minimum atomic E-state index is -0.494.